The van der Waals surface area contributed by atoms with Gasteiger partial charge < -0.3 is 4.74 Å². The molecule has 0 aromatic carbocycles. The van der Waals surface area contributed by atoms with Crippen LogP contribution < -0.4 is 0 Å². The number of cyclic esters (lactones) is 1. The molecule has 0 saturated carbocycles. The lowest BCUT2D eigenvalue weighted by molar-refractivity contribution is -0.141. The van der Waals surface area contributed by atoms with Gasteiger partial charge in [0.25, 0.3) is 0 Å². The number of hydrogen-bond acceptors (Lipinski definition) is 3. The number of carbonyl (C=O) groups excluding carboxylic acids is 2. The van der Waals surface area contributed by atoms with E-state index in [4.69, 9.17) is 0 Å². The van der Waals surface area contributed by atoms with E-state index >= 15 is 0 Å². The lowest BCUT2D eigenvalue weighted by Gasteiger charge is -2.09. The van der Waals surface area contributed by atoms with Crippen molar-refractivity contribution in [2.24, 2.45) is 0 Å². The smallest absolute Gasteiger partial charge is 0.341 e. The van der Waals surface area contributed by atoms with Crippen LogP contribution >= 0.6 is 0 Å². The second-order valence-electron chi connectivity index (χ2n) is 2.10. The Hall–Kier alpha value is -1.12. The van der Waals surface area contributed by atoms with E-state index < -0.39 is 5.97 Å². The first-order chi connectivity index (χ1) is 4.72. The number of carbonyl (C=O) groups is 2. The van der Waals surface area contributed by atoms with Crippen molar-refractivity contribution < 1.29 is 14.3 Å². The van der Waals surface area contributed by atoms with E-state index in [9.17, 15) is 9.59 Å². The Morgan fingerprint density at radius 3 is 2.80 bits per heavy atom. The van der Waals surface area contributed by atoms with Crippen molar-refractivity contribution in [3.63, 3.8) is 0 Å². The molecule has 0 radical (unpaired) electrons. The van der Waals surface area contributed by atoms with Crippen molar-refractivity contribution >= 4 is 11.8 Å². The predicted octanol–water partition coefficient (Wildman–Crippen LogP) is 0.449. The van der Waals surface area contributed by atoms with Crippen LogP contribution in [0.5, 0.6) is 0 Å². The molecule has 1 aliphatic rings. The van der Waals surface area contributed by atoms with Crippen LogP contribution in [0.1, 0.15) is 13.3 Å². The summed E-state index contributed by atoms with van der Waals surface area (Å²) in [5.41, 5.74) is 0.186. The van der Waals surface area contributed by atoms with Gasteiger partial charge in [-0.2, -0.15) is 0 Å². The topological polar surface area (TPSA) is 43.4 Å². The maximum Gasteiger partial charge on any atom is 0.341 e. The zero-order chi connectivity index (χ0) is 7.56. The summed E-state index contributed by atoms with van der Waals surface area (Å²) in [6.45, 7) is 1.76. The van der Waals surface area contributed by atoms with Gasteiger partial charge >= 0.3 is 5.97 Å². The number of esters is 1. The molecule has 1 heterocycles. The third kappa shape index (κ3) is 1.23. The van der Waals surface area contributed by atoms with Gasteiger partial charge in [-0.05, 0) is 6.92 Å². The van der Waals surface area contributed by atoms with Gasteiger partial charge in [0.15, 0.2) is 5.78 Å². The summed E-state index contributed by atoms with van der Waals surface area (Å²) < 4.78 is 4.62. The van der Waals surface area contributed by atoms with Gasteiger partial charge in [-0.15, -0.1) is 0 Å². The molecule has 0 amide bonds. The van der Waals surface area contributed by atoms with Crippen LogP contribution in [0, 0.1) is 0 Å². The molecule has 0 bridgehead atoms. The highest BCUT2D eigenvalue weighted by molar-refractivity contribution is 6.16. The maximum atomic E-state index is 10.7. The van der Waals surface area contributed by atoms with E-state index in [0.717, 1.165) is 0 Å². The van der Waals surface area contributed by atoms with Crippen molar-refractivity contribution in [1.82, 2.24) is 0 Å². The van der Waals surface area contributed by atoms with Crippen LogP contribution in [0.15, 0.2) is 11.6 Å². The summed E-state index contributed by atoms with van der Waals surface area (Å²) in [4.78, 5) is 21.4. The molecule has 0 unspecified atom stereocenters. The van der Waals surface area contributed by atoms with Gasteiger partial charge in [-0.1, -0.05) is 6.08 Å². The summed E-state index contributed by atoms with van der Waals surface area (Å²) in [6, 6.07) is 0. The fourth-order valence-corrected chi connectivity index (χ4v) is 0.803. The van der Waals surface area contributed by atoms with E-state index in [1.54, 1.807) is 6.08 Å². The van der Waals surface area contributed by atoms with Gasteiger partial charge in [-0.25, -0.2) is 4.79 Å². The molecule has 3 heteroatoms. The number of ketones is 1. The largest absolute Gasteiger partial charge is 0.462 e. The number of ether oxygens (including phenoxy) is 1. The molecule has 0 aromatic rings. The highest BCUT2D eigenvalue weighted by atomic mass is 16.5. The third-order valence-corrected chi connectivity index (χ3v) is 1.30. The normalized spacial score (nSPS) is 17.7. The molecule has 0 N–H and O–H groups in total. The van der Waals surface area contributed by atoms with Crippen molar-refractivity contribution in [3.8, 4) is 0 Å². The highest BCUT2D eigenvalue weighted by Crippen LogP contribution is 2.07. The molecular formula is C7H8O3. The average molecular weight is 140 g/mol. The van der Waals surface area contributed by atoms with Crippen LogP contribution in [0.2, 0.25) is 0 Å². The molecule has 0 spiro atoms. The average Bonchev–Trinajstić information content (AvgIpc) is 1.88. The van der Waals surface area contributed by atoms with Crippen molar-refractivity contribution in [3.05, 3.63) is 11.6 Å². The summed E-state index contributed by atoms with van der Waals surface area (Å²) in [5.74, 6) is -0.705. The molecule has 0 saturated heterocycles. The van der Waals surface area contributed by atoms with E-state index in [-0.39, 0.29) is 11.4 Å². The first kappa shape index (κ1) is 6.99. The zero-order valence-corrected chi connectivity index (χ0v) is 5.72. The maximum absolute atomic E-state index is 10.7. The second-order valence-corrected chi connectivity index (χ2v) is 2.10. The molecule has 54 valence electrons. The summed E-state index contributed by atoms with van der Waals surface area (Å²) in [7, 11) is 0. The van der Waals surface area contributed by atoms with E-state index in [0.29, 0.717) is 13.0 Å². The predicted molar refractivity (Wildman–Crippen MR) is 34.3 cm³/mol. The monoisotopic (exact) mass is 140 g/mol. The van der Waals surface area contributed by atoms with Crippen molar-refractivity contribution in [1.29, 1.82) is 0 Å². The van der Waals surface area contributed by atoms with Crippen molar-refractivity contribution in [2.75, 3.05) is 6.61 Å². The SMILES string of the molecule is CC(=O)C1=CCCOC1=O. The number of rotatable bonds is 1. The van der Waals surface area contributed by atoms with Crippen LogP contribution in [-0.4, -0.2) is 18.4 Å². The summed E-state index contributed by atoms with van der Waals surface area (Å²) >= 11 is 0. The third-order valence-electron chi connectivity index (χ3n) is 1.30. The Labute approximate surface area is 58.7 Å². The Morgan fingerprint density at radius 1 is 1.70 bits per heavy atom. The Kier molecular flexibility index (Phi) is 1.85. The molecule has 0 aromatic heterocycles. The fraction of sp³-hybridized carbons (Fsp3) is 0.429. The van der Waals surface area contributed by atoms with Gasteiger partial charge in [0.2, 0.25) is 0 Å². The minimum absolute atomic E-state index is 0.186. The zero-order valence-electron chi connectivity index (χ0n) is 5.72. The Balaban J connectivity index is 2.81. The molecule has 0 fully saturated rings. The number of Topliss-reactive ketones (excluding diaryl/α,β-unsaturated/α-hetero) is 1. The quantitative estimate of drug-likeness (QED) is 0.392. The highest BCUT2D eigenvalue weighted by Gasteiger charge is 2.18. The first-order valence-electron chi connectivity index (χ1n) is 3.10. The van der Waals surface area contributed by atoms with E-state index in [1.807, 2.05) is 0 Å². The molecule has 0 atom stereocenters. The van der Waals surface area contributed by atoms with Gasteiger partial charge in [0.05, 0.1) is 12.2 Å². The molecule has 10 heavy (non-hydrogen) atoms. The lowest BCUT2D eigenvalue weighted by Crippen LogP contribution is -2.18. The van der Waals surface area contributed by atoms with Crippen LogP contribution in [0.3, 0.4) is 0 Å². The minimum Gasteiger partial charge on any atom is -0.462 e. The Morgan fingerprint density at radius 2 is 2.40 bits per heavy atom. The number of hydrogen-bond donors (Lipinski definition) is 0. The molecule has 1 rings (SSSR count). The van der Waals surface area contributed by atoms with Crippen molar-refractivity contribution in [2.45, 2.75) is 13.3 Å². The summed E-state index contributed by atoms with van der Waals surface area (Å²) in [6.07, 6.45) is 2.27. The first-order valence-corrected chi connectivity index (χ1v) is 3.10. The van der Waals surface area contributed by atoms with E-state index in [1.165, 1.54) is 6.92 Å². The fourth-order valence-electron chi connectivity index (χ4n) is 0.803. The van der Waals surface area contributed by atoms with Crippen LogP contribution in [-0.2, 0) is 14.3 Å². The molecule has 3 nitrogen and oxygen atoms in total. The standard InChI is InChI=1S/C7H8O3/c1-5(8)6-3-2-4-10-7(6)9/h3H,2,4H2,1H3. The second kappa shape index (κ2) is 2.64. The van der Waals surface area contributed by atoms with E-state index in [2.05, 4.69) is 4.74 Å². The van der Waals surface area contributed by atoms with Gasteiger partial charge in [-0.3, -0.25) is 4.79 Å². The van der Waals surface area contributed by atoms with Crippen LogP contribution in [0.4, 0.5) is 0 Å². The lowest BCUT2D eigenvalue weighted by atomic mass is 10.1. The molecule has 1 aliphatic heterocycles. The van der Waals surface area contributed by atoms with Gasteiger partial charge in [0, 0.05) is 6.42 Å². The molecular weight excluding hydrogens is 132 g/mol. The summed E-state index contributed by atoms with van der Waals surface area (Å²) in [5, 5.41) is 0. The Bertz CT molecular complexity index is 203. The van der Waals surface area contributed by atoms with Gasteiger partial charge in [0.1, 0.15) is 0 Å². The molecule has 0 aliphatic carbocycles. The van der Waals surface area contributed by atoms with Crippen LogP contribution in [0.25, 0.3) is 0 Å². The minimum atomic E-state index is -0.487.